The first-order chi connectivity index (χ1) is 6.96. The van der Waals surface area contributed by atoms with Crippen molar-refractivity contribution in [3.8, 4) is 0 Å². The van der Waals surface area contributed by atoms with Gasteiger partial charge in [0, 0.05) is 10.4 Å². The number of thiophene rings is 1. The molecule has 0 fully saturated rings. The van der Waals surface area contributed by atoms with Crippen LogP contribution >= 0.6 is 11.3 Å². The van der Waals surface area contributed by atoms with E-state index >= 15 is 0 Å². The molecule has 5 heteroatoms. The van der Waals surface area contributed by atoms with Gasteiger partial charge in [0.05, 0.1) is 11.4 Å². The molecule has 0 radical (unpaired) electrons. The first-order valence-electron chi connectivity index (χ1n) is 5.01. The second-order valence-corrected chi connectivity index (χ2v) is 7.61. The zero-order chi connectivity index (χ0) is 11.2. The molecule has 0 aromatic carbocycles. The standard InChI is InChI=1S/C10H14O3S2/c1-3-7-5-8-9(11)4-6(2)15(12,13)10(8)14-7/h5-6,9,11H,3-4H2,1-2H3. The van der Waals surface area contributed by atoms with Gasteiger partial charge in [-0.2, -0.15) is 0 Å². The summed E-state index contributed by atoms with van der Waals surface area (Å²) in [5, 5.41) is 9.35. The van der Waals surface area contributed by atoms with Crippen molar-refractivity contribution in [1.29, 1.82) is 0 Å². The van der Waals surface area contributed by atoms with E-state index in [1.165, 1.54) is 11.3 Å². The average molecular weight is 246 g/mol. The Bertz CT molecular complexity index is 473. The number of hydrogen-bond donors (Lipinski definition) is 1. The van der Waals surface area contributed by atoms with Gasteiger partial charge in [-0.15, -0.1) is 11.3 Å². The highest BCUT2D eigenvalue weighted by atomic mass is 32.2. The predicted octanol–water partition coefficient (Wildman–Crippen LogP) is 1.91. The van der Waals surface area contributed by atoms with Gasteiger partial charge in [-0.25, -0.2) is 8.42 Å². The summed E-state index contributed by atoms with van der Waals surface area (Å²) in [6.07, 6.45) is 0.513. The number of aryl methyl sites for hydroxylation is 1. The Balaban J connectivity index is 2.63. The van der Waals surface area contributed by atoms with Gasteiger partial charge in [0.15, 0.2) is 9.84 Å². The normalized spacial score (nSPS) is 28.7. The quantitative estimate of drug-likeness (QED) is 0.823. The van der Waals surface area contributed by atoms with Crippen LogP contribution in [0.25, 0.3) is 0 Å². The van der Waals surface area contributed by atoms with Crippen molar-refractivity contribution >= 4 is 21.2 Å². The lowest BCUT2D eigenvalue weighted by Crippen LogP contribution is -2.26. The number of fused-ring (bicyclic) bond motifs is 1. The maximum atomic E-state index is 12.0. The Morgan fingerprint density at radius 3 is 2.87 bits per heavy atom. The van der Waals surface area contributed by atoms with Gasteiger partial charge in [-0.3, -0.25) is 0 Å². The topological polar surface area (TPSA) is 54.4 Å². The molecule has 0 saturated heterocycles. The largest absolute Gasteiger partial charge is 0.388 e. The number of aliphatic hydroxyl groups is 1. The van der Waals surface area contributed by atoms with Crippen molar-refractivity contribution < 1.29 is 13.5 Å². The molecule has 0 amide bonds. The summed E-state index contributed by atoms with van der Waals surface area (Å²) in [5.41, 5.74) is 0.606. The first-order valence-corrected chi connectivity index (χ1v) is 7.37. The summed E-state index contributed by atoms with van der Waals surface area (Å²) >= 11 is 1.30. The van der Waals surface area contributed by atoms with E-state index in [9.17, 15) is 13.5 Å². The van der Waals surface area contributed by atoms with E-state index in [1.54, 1.807) is 6.92 Å². The summed E-state index contributed by atoms with van der Waals surface area (Å²) < 4.78 is 24.3. The minimum Gasteiger partial charge on any atom is -0.388 e. The van der Waals surface area contributed by atoms with Gasteiger partial charge in [-0.05, 0) is 25.8 Å². The van der Waals surface area contributed by atoms with Crippen LogP contribution in [-0.2, 0) is 16.3 Å². The van der Waals surface area contributed by atoms with Gasteiger partial charge in [0.2, 0.25) is 0 Å². The molecule has 0 saturated carbocycles. The fraction of sp³-hybridized carbons (Fsp3) is 0.600. The maximum absolute atomic E-state index is 12.0. The van der Waals surface area contributed by atoms with Gasteiger partial charge in [-0.1, -0.05) is 6.92 Å². The van der Waals surface area contributed by atoms with Crippen molar-refractivity contribution in [2.24, 2.45) is 0 Å². The lowest BCUT2D eigenvalue weighted by Gasteiger charge is -2.23. The van der Waals surface area contributed by atoms with E-state index < -0.39 is 21.2 Å². The second-order valence-electron chi connectivity index (χ2n) is 3.92. The molecule has 1 aromatic heterocycles. The third-order valence-electron chi connectivity index (χ3n) is 2.83. The highest BCUT2D eigenvalue weighted by Gasteiger charge is 2.37. The fourth-order valence-corrected chi connectivity index (χ4v) is 5.30. The van der Waals surface area contributed by atoms with Crippen LogP contribution in [0.3, 0.4) is 0 Å². The summed E-state index contributed by atoms with van der Waals surface area (Å²) in [7, 11) is -3.18. The van der Waals surface area contributed by atoms with Crippen molar-refractivity contribution in [2.75, 3.05) is 0 Å². The van der Waals surface area contributed by atoms with E-state index in [1.807, 2.05) is 13.0 Å². The molecule has 1 aromatic rings. The number of rotatable bonds is 1. The second kappa shape index (κ2) is 3.57. The lowest BCUT2D eigenvalue weighted by molar-refractivity contribution is 0.161. The molecule has 84 valence electrons. The van der Waals surface area contributed by atoms with E-state index in [2.05, 4.69) is 0 Å². The molecule has 2 unspecified atom stereocenters. The molecule has 0 bridgehead atoms. The maximum Gasteiger partial charge on any atom is 0.190 e. The molecule has 3 nitrogen and oxygen atoms in total. The van der Waals surface area contributed by atoms with Gasteiger partial charge >= 0.3 is 0 Å². The molecule has 2 atom stereocenters. The van der Waals surface area contributed by atoms with Crippen LogP contribution in [0.4, 0.5) is 0 Å². The van der Waals surface area contributed by atoms with Crippen molar-refractivity contribution in [1.82, 2.24) is 0 Å². The zero-order valence-corrected chi connectivity index (χ0v) is 10.4. The molecular formula is C10H14O3S2. The summed E-state index contributed by atoms with van der Waals surface area (Å²) in [6.45, 7) is 3.65. The van der Waals surface area contributed by atoms with E-state index in [0.717, 1.165) is 11.3 Å². The smallest absolute Gasteiger partial charge is 0.190 e. The van der Waals surface area contributed by atoms with Crippen LogP contribution in [-0.4, -0.2) is 18.8 Å². The summed E-state index contributed by atoms with van der Waals surface area (Å²) in [4.78, 5) is 1.02. The Labute approximate surface area is 93.7 Å². The third-order valence-corrected chi connectivity index (χ3v) is 6.87. The molecule has 0 spiro atoms. The van der Waals surface area contributed by atoms with Crippen LogP contribution in [0.2, 0.25) is 0 Å². The Hall–Kier alpha value is -0.390. The van der Waals surface area contributed by atoms with E-state index in [0.29, 0.717) is 16.2 Å². The fourth-order valence-electron chi connectivity index (χ4n) is 1.82. The minimum absolute atomic E-state index is 0.315. The monoisotopic (exact) mass is 246 g/mol. The molecule has 0 aliphatic carbocycles. The van der Waals surface area contributed by atoms with Crippen molar-refractivity contribution in [2.45, 2.75) is 42.3 Å². The van der Waals surface area contributed by atoms with Crippen molar-refractivity contribution in [3.63, 3.8) is 0 Å². The Kier molecular flexibility index (Phi) is 2.65. The highest BCUT2D eigenvalue weighted by molar-refractivity contribution is 7.94. The van der Waals surface area contributed by atoms with Crippen LogP contribution in [0.1, 0.15) is 36.8 Å². The van der Waals surface area contributed by atoms with E-state index in [-0.39, 0.29) is 0 Å². The van der Waals surface area contributed by atoms with Crippen LogP contribution in [0.15, 0.2) is 10.3 Å². The predicted molar refractivity (Wildman–Crippen MR) is 59.9 cm³/mol. The van der Waals surface area contributed by atoms with Gasteiger partial charge in [0.25, 0.3) is 0 Å². The van der Waals surface area contributed by atoms with Gasteiger partial charge < -0.3 is 5.11 Å². The Morgan fingerprint density at radius 2 is 2.27 bits per heavy atom. The SMILES string of the molecule is CCc1cc2c(s1)S(=O)(=O)C(C)CC2O. The molecule has 1 aliphatic heterocycles. The number of aliphatic hydroxyl groups excluding tert-OH is 1. The highest BCUT2D eigenvalue weighted by Crippen LogP contribution is 2.41. The van der Waals surface area contributed by atoms with Crippen molar-refractivity contribution in [3.05, 3.63) is 16.5 Å². The van der Waals surface area contributed by atoms with Crippen LogP contribution in [0, 0.1) is 0 Å². The zero-order valence-electron chi connectivity index (χ0n) is 8.73. The van der Waals surface area contributed by atoms with Crippen LogP contribution in [0.5, 0.6) is 0 Å². The Morgan fingerprint density at radius 1 is 1.60 bits per heavy atom. The first kappa shape index (κ1) is 11.1. The molecule has 2 heterocycles. The van der Waals surface area contributed by atoms with Gasteiger partial charge in [0.1, 0.15) is 4.21 Å². The molecule has 1 N–H and O–H groups in total. The summed E-state index contributed by atoms with van der Waals surface area (Å²) in [6, 6.07) is 1.83. The molecule has 2 rings (SSSR count). The number of sulfone groups is 1. The minimum atomic E-state index is -3.18. The third kappa shape index (κ3) is 1.62. The molecule has 15 heavy (non-hydrogen) atoms. The average Bonchev–Trinajstić information content (AvgIpc) is 2.60. The molecular weight excluding hydrogens is 232 g/mol. The number of hydrogen-bond acceptors (Lipinski definition) is 4. The van der Waals surface area contributed by atoms with Crippen LogP contribution < -0.4 is 0 Å². The molecule has 1 aliphatic rings. The van der Waals surface area contributed by atoms with E-state index in [4.69, 9.17) is 0 Å². The lowest BCUT2D eigenvalue weighted by atomic mass is 10.1. The summed E-state index contributed by atoms with van der Waals surface area (Å²) in [5.74, 6) is 0.